The molecule has 3 heterocycles. The summed E-state index contributed by atoms with van der Waals surface area (Å²) in [6.45, 7) is 2.03. The Hall–Kier alpha value is -1.74. The Labute approximate surface area is 180 Å². The van der Waals surface area contributed by atoms with E-state index in [4.69, 9.17) is 9.47 Å². The van der Waals surface area contributed by atoms with Crippen LogP contribution >= 0.6 is 0 Å². The predicted octanol–water partition coefficient (Wildman–Crippen LogP) is 1.17. The molecule has 30 heavy (non-hydrogen) atoms. The van der Waals surface area contributed by atoms with Crippen LogP contribution in [-0.2, 0) is 9.47 Å². The molecule has 1 unspecified atom stereocenters. The summed E-state index contributed by atoms with van der Waals surface area (Å²) in [7, 11) is 0. The van der Waals surface area contributed by atoms with Gasteiger partial charge in [0, 0.05) is 0 Å². The van der Waals surface area contributed by atoms with Crippen molar-refractivity contribution in [3.05, 3.63) is 62.9 Å². The van der Waals surface area contributed by atoms with Gasteiger partial charge >= 0.3 is 164 Å². The molecule has 1 aromatic heterocycles. The van der Waals surface area contributed by atoms with E-state index in [1.807, 2.05) is 6.07 Å². The Kier molecular flexibility index (Phi) is 6.87. The SMILES string of the molecule is Cc1cn([C@H]2C[C@@H]3[C@@H](COC(CCCC[Se]c4ccccc4)N3O)O2)c(=O)[nH]c1=O. The summed E-state index contributed by atoms with van der Waals surface area (Å²) >= 11 is 0.479. The maximum atomic E-state index is 12.2. The standard InChI is InChI=1S/C21H27N3O5Se/c1-14-12-23(21(26)22-20(14)25)19-11-16-17(29-19)13-28-18(24(16)27)9-5-6-10-30-15-7-3-2-4-8-15/h2-4,7-8,12,16-19,27H,5-6,9-11,13H2,1H3,(H,22,25,26)/t16-,17-,18?,19-/m1/s1. The summed E-state index contributed by atoms with van der Waals surface area (Å²) in [6.07, 6.45) is 3.62. The van der Waals surface area contributed by atoms with Gasteiger partial charge in [-0.2, -0.15) is 0 Å². The third-order valence-electron chi connectivity index (χ3n) is 5.61. The van der Waals surface area contributed by atoms with Crippen molar-refractivity contribution in [3.63, 3.8) is 0 Å². The van der Waals surface area contributed by atoms with Crippen molar-refractivity contribution < 1.29 is 14.7 Å². The van der Waals surface area contributed by atoms with Gasteiger partial charge in [0.25, 0.3) is 5.56 Å². The monoisotopic (exact) mass is 481 g/mol. The van der Waals surface area contributed by atoms with Crippen LogP contribution < -0.4 is 15.7 Å². The van der Waals surface area contributed by atoms with Crippen LogP contribution in [0, 0.1) is 6.92 Å². The first kappa shape index (κ1) is 21.5. The first-order chi connectivity index (χ1) is 14.5. The Bertz CT molecular complexity index is 963. The number of hydroxylamine groups is 2. The molecule has 1 aromatic carbocycles. The summed E-state index contributed by atoms with van der Waals surface area (Å²) in [5.41, 5.74) is -0.455. The normalized spacial score (nSPS) is 26.6. The first-order valence-electron chi connectivity index (χ1n) is 10.3. The number of ether oxygens (including phenoxy) is 2. The minimum absolute atomic E-state index is 0.235. The topological polar surface area (TPSA) is 96.8 Å². The van der Waals surface area contributed by atoms with E-state index in [-0.39, 0.29) is 18.4 Å². The molecule has 2 saturated heterocycles. The summed E-state index contributed by atoms with van der Waals surface area (Å²) in [5, 5.41) is 13.1. The summed E-state index contributed by atoms with van der Waals surface area (Å²) in [5.74, 6) is 0. The van der Waals surface area contributed by atoms with E-state index in [0.717, 1.165) is 19.3 Å². The van der Waals surface area contributed by atoms with Crippen LogP contribution in [-0.4, -0.2) is 59.8 Å². The van der Waals surface area contributed by atoms with Crippen molar-refractivity contribution in [1.29, 1.82) is 0 Å². The van der Waals surface area contributed by atoms with Gasteiger partial charge in [-0.15, -0.1) is 0 Å². The van der Waals surface area contributed by atoms with Crippen LogP contribution in [0.5, 0.6) is 0 Å². The molecule has 0 bridgehead atoms. The van der Waals surface area contributed by atoms with Crippen molar-refractivity contribution in [2.45, 2.75) is 62.5 Å². The molecule has 0 saturated carbocycles. The number of aryl methyl sites for hydroxylation is 1. The van der Waals surface area contributed by atoms with Crippen LogP contribution in [0.3, 0.4) is 0 Å². The van der Waals surface area contributed by atoms with E-state index < -0.39 is 17.5 Å². The molecule has 0 radical (unpaired) electrons. The number of nitrogens with zero attached hydrogens (tertiary/aromatic N) is 2. The van der Waals surface area contributed by atoms with Crippen molar-refractivity contribution >= 4 is 19.4 Å². The van der Waals surface area contributed by atoms with E-state index in [0.29, 0.717) is 33.5 Å². The summed E-state index contributed by atoms with van der Waals surface area (Å²) < 4.78 is 14.6. The Morgan fingerprint density at radius 3 is 2.83 bits per heavy atom. The van der Waals surface area contributed by atoms with Crippen LogP contribution in [0.1, 0.15) is 37.5 Å². The Balaban J connectivity index is 1.28. The van der Waals surface area contributed by atoms with Crippen LogP contribution in [0.2, 0.25) is 5.32 Å². The number of benzene rings is 1. The minimum Gasteiger partial charge on any atom is -0.269 e. The van der Waals surface area contributed by atoms with Gasteiger partial charge in [-0.05, 0) is 6.92 Å². The van der Waals surface area contributed by atoms with Crippen LogP contribution in [0.4, 0.5) is 0 Å². The molecule has 0 spiro atoms. The van der Waals surface area contributed by atoms with Crippen molar-refractivity contribution in [2.75, 3.05) is 6.61 Å². The van der Waals surface area contributed by atoms with Crippen molar-refractivity contribution in [3.8, 4) is 0 Å². The minimum atomic E-state index is -0.534. The van der Waals surface area contributed by atoms with Gasteiger partial charge < -0.3 is 0 Å². The molecule has 0 aliphatic carbocycles. The zero-order valence-corrected chi connectivity index (χ0v) is 18.6. The van der Waals surface area contributed by atoms with Crippen molar-refractivity contribution in [2.24, 2.45) is 0 Å². The number of nitrogens with one attached hydrogen (secondary N) is 1. The van der Waals surface area contributed by atoms with E-state index in [9.17, 15) is 14.8 Å². The number of rotatable bonds is 7. The Morgan fingerprint density at radius 1 is 1.23 bits per heavy atom. The third kappa shape index (κ3) is 4.77. The van der Waals surface area contributed by atoms with Gasteiger partial charge in [0.15, 0.2) is 0 Å². The molecule has 4 atom stereocenters. The summed E-state index contributed by atoms with van der Waals surface area (Å²) in [6, 6.07) is 10.3. The summed E-state index contributed by atoms with van der Waals surface area (Å²) in [4.78, 5) is 26.1. The quantitative estimate of drug-likeness (QED) is 0.456. The molecule has 2 aliphatic rings. The van der Waals surface area contributed by atoms with E-state index in [1.165, 1.54) is 25.6 Å². The average molecular weight is 480 g/mol. The second-order valence-corrected chi connectivity index (χ2v) is 10.2. The molecule has 9 heteroatoms. The molecule has 4 rings (SSSR count). The Morgan fingerprint density at radius 2 is 2.03 bits per heavy atom. The van der Waals surface area contributed by atoms with Gasteiger partial charge in [0.1, 0.15) is 0 Å². The number of fused-ring (bicyclic) bond motifs is 1. The molecule has 162 valence electrons. The number of aromatic amines is 1. The number of hydrogen-bond acceptors (Lipinski definition) is 6. The number of aromatic nitrogens is 2. The fourth-order valence-corrected chi connectivity index (χ4v) is 5.91. The average Bonchev–Trinajstić information content (AvgIpc) is 3.18. The molecular formula is C21H27N3O5Se. The van der Waals surface area contributed by atoms with Gasteiger partial charge in [-0.1, -0.05) is 0 Å². The fraction of sp³-hybridized carbons (Fsp3) is 0.524. The molecule has 0 amide bonds. The molecule has 2 aliphatic heterocycles. The smallest absolute Gasteiger partial charge is 0.269 e. The van der Waals surface area contributed by atoms with E-state index in [1.54, 1.807) is 6.92 Å². The zero-order valence-electron chi connectivity index (χ0n) is 16.9. The number of hydrogen-bond donors (Lipinski definition) is 2. The zero-order chi connectivity index (χ0) is 21.1. The maximum absolute atomic E-state index is 12.2. The van der Waals surface area contributed by atoms with Gasteiger partial charge in [0.2, 0.25) is 0 Å². The van der Waals surface area contributed by atoms with Crippen LogP contribution in [0.15, 0.2) is 46.1 Å². The molecule has 2 N–H and O–H groups in total. The number of unbranched alkanes of at least 4 members (excludes halogenated alkanes) is 1. The fourth-order valence-electron chi connectivity index (χ4n) is 3.95. The molecule has 8 nitrogen and oxygen atoms in total. The second-order valence-electron chi connectivity index (χ2n) is 7.74. The third-order valence-corrected chi connectivity index (χ3v) is 7.91. The van der Waals surface area contributed by atoms with Gasteiger partial charge in [0.05, 0.1) is 0 Å². The van der Waals surface area contributed by atoms with E-state index in [2.05, 4.69) is 29.2 Å². The molecular weight excluding hydrogens is 453 g/mol. The van der Waals surface area contributed by atoms with Crippen LogP contribution in [0.25, 0.3) is 0 Å². The van der Waals surface area contributed by atoms with Gasteiger partial charge in [-0.25, -0.2) is 0 Å². The predicted molar refractivity (Wildman–Crippen MR) is 112 cm³/mol. The molecule has 2 aromatic rings. The first-order valence-corrected chi connectivity index (χ1v) is 12.3. The van der Waals surface area contributed by atoms with Gasteiger partial charge in [-0.3, -0.25) is 4.79 Å². The van der Waals surface area contributed by atoms with E-state index >= 15 is 0 Å². The number of H-pyrrole nitrogens is 1. The molecule has 2 fully saturated rings. The van der Waals surface area contributed by atoms with Crippen molar-refractivity contribution in [1.82, 2.24) is 14.6 Å². The second kappa shape index (κ2) is 9.60.